The molecule has 32 heavy (non-hydrogen) atoms. The van der Waals surface area contributed by atoms with E-state index >= 15 is 0 Å². The first kappa shape index (κ1) is 22.4. The number of benzene rings is 1. The van der Waals surface area contributed by atoms with E-state index in [0.717, 1.165) is 12.8 Å². The summed E-state index contributed by atoms with van der Waals surface area (Å²) in [5.41, 5.74) is 2.31. The molecular weight excluding hydrogens is 412 g/mol. The number of nitrogens with one attached hydrogen (secondary N) is 1. The van der Waals surface area contributed by atoms with Crippen molar-refractivity contribution < 1.29 is 18.3 Å². The van der Waals surface area contributed by atoms with Crippen LogP contribution in [0.1, 0.15) is 68.2 Å². The predicted molar refractivity (Wildman–Crippen MR) is 120 cm³/mol. The summed E-state index contributed by atoms with van der Waals surface area (Å²) in [6, 6.07) is 7.28. The maximum Gasteiger partial charge on any atom is 0.253 e. The number of aromatic nitrogens is 2. The molecule has 1 amide bonds. The maximum absolute atomic E-state index is 14.6. The molecule has 4 rings (SSSR count). The molecule has 0 spiro atoms. The van der Waals surface area contributed by atoms with E-state index in [0.29, 0.717) is 34.6 Å². The van der Waals surface area contributed by atoms with Crippen LogP contribution in [0.5, 0.6) is 0 Å². The number of ether oxygens (including phenoxy) is 1. The fraction of sp³-hybridized carbons (Fsp3) is 0.440. The van der Waals surface area contributed by atoms with Gasteiger partial charge in [-0.05, 0) is 63.8 Å². The Morgan fingerprint density at radius 2 is 1.88 bits per heavy atom. The summed E-state index contributed by atoms with van der Waals surface area (Å²) in [7, 11) is 0. The number of hydrogen-bond donors (Lipinski definition) is 1. The second-order valence-corrected chi connectivity index (χ2v) is 9.41. The Hall–Kier alpha value is -2.80. The highest BCUT2D eigenvalue weighted by molar-refractivity contribution is 5.97. The van der Waals surface area contributed by atoms with Crippen LogP contribution in [0.15, 0.2) is 30.3 Å². The van der Waals surface area contributed by atoms with Gasteiger partial charge >= 0.3 is 0 Å². The molecule has 1 aromatic carbocycles. The van der Waals surface area contributed by atoms with Gasteiger partial charge in [0.2, 0.25) is 0 Å². The van der Waals surface area contributed by atoms with E-state index in [9.17, 15) is 13.6 Å². The number of nitrogens with zero attached hydrogens (tertiary/aromatic N) is 2. The largest absolute Gasteiger partial charge is 0.375 e. The van der Waals surface area contributed by atoms with Crippen molar-refractivity contribution in [2.24, 2.45) is 0 Å². The molecular formula is C25H29F2N3O2. The van der Waals surface area contributed by atoms with Crippen LogP contribution < -0.4 is 5.32 Å². The van der Waals surface area contributed by atoms with Gasteiger partial charge in [0.1, 0.15) is 11.6 Å². The van der Waals surface area contributed by atoms with Gasteiger partial charge in [-0.2, -0.15) is 5.10 Å². The van der Waals surface area contributed by atoms with Gasteiger partial charge < -0.3 is 10.1 Å². The number of pyridine rings is 1. The van der Waals surface area contributed by atoms with Crippen LogP contribution in [0.4, 0.5) is 8.78 Å². The number of hydrogen-bond acceptors (Lipinski definition) is 3. The average Bonchev–Trinajstić information content (AvgIpc) is 3.02. The fourth-order valence-electron chi connectivity index (χ4n) is 4.66. The lowest BCUT2D eigenvalue weighted by Gasteiger charge is -2.35. The Balaban J connectivity index is 1.79. The van der Waals surface area contributed by atoms with Crippen LogP contribution in [0.2, 0.25) is 0 Å². The van der Waals surface area contributed by atoms with Crippen LogP contribution in [-0.4, -0.2) is 33.8 Å². The standard InChI is InChI=1S/C25H29F2N3O2/c1-14(2)23-17(24(31)28-16-11-12-32-25(4,5)13-16)9-10-20-21(15(3)29-30(20)23)22-18(26)7-6-8-19(22)27/h6-10,14,16H,11-13H2,1-5H3,(H,28,31). The maximum atomic E-state index is 14.6. The molecule has 1 fully saturated rings. The zero-order chi connectivity index (χ0) is 23.2. The molecule has 1 saturated heterocycles. The van der Waals surface area contributed by atoms with Crippen LogP contribution in [0.25, 0.3) is 16.6 Å². The van der Waals surface area contributed by atoms with Crippen LogP contribution in [0.3, 0.4) is 0 Å². The van der Waals surface area contributed by atoms with Crippen molar-refractivity contribution in [2.75, 3.05) is 6.61 Å². The van der Waals surface area contributed by atoms with Crippen LogP contribution in [0, 0.1) is 18.6 Å². The summed E-state index contributed by atoms with van der Waals surface area (Å²) in [6.07, 6.45) is 1.49. The number of aryl methyl sites for hydroxylation is 1. The topological polar surface area (TPSA) is 55.6 Å². The summed E-state index contributed by atoms with van der Waals surface area (Å²) >= 11 is 0. The summed E-state index contributed by atoms with van der Waals surface area (Å²) < 4.78 is 36.5. The zero-order valence-electron chi connectivity index (χ0n) is 19.1. The highest BCUT2D eigenvalue weighted by Crippen LogP contribution is 2.35. The minimum Gasteiger partial charge on any atom is -0.375 e. The van der Waals surface area contributed by atoms with E-state index in [1.54, 1.807) is 23.6 Å². The van der Waals surface area contributed by atoms with E-state index in [4.69, 9.17) is 4.74 Å². The van der Waals surface area contributed by atoms with Gasteiger partial charge in [0.05, 0.1) is 33.6 Å². The first-order chi connectivity index (χ1) is 15.1. The molecule has 1 atom stereocenters. The molecule has 3 heterocycles. The third-order valence-electron chi connectivity index (χ3n) is 6.04. The highest BCUT2D eigenvalue weighted by Gasteiger charge is 2.31. The molecule has 7 heteroatoms. The van der Waals surface area contributed by atoms with Crippen LogP contribution >= 0.6 is 0 Å². The number of amides is 1. The average molecular weight is 442 g/mol. The summed E-state index contributed by atoms with van der Waals surface area (Å²) in [5.74, 6) is -1.50. The number of rotatable bonds is 4. The smallest absolute Gasteiger partial charge is 0.253 e. The van der Waals surface area contributed by atoms with Gasteiger partial charge in [-0.25, -0.2) is 13.3 Å². The molecule has 1 aliphatic rings. The predicted octanol–water partition coefficient (Wildman–Crippen LogP) is 5.40. The molecule has 2 aromatic heterocycles. The molecule has 5 nitrogen and oxygen atoms in total. The Morgan fingerprint density at radius 3 is 2.50 bits per heavy atom. The van der Waals surface area contributed by atoms with E-state index < -0.39 is 11.6 Å². The monoisotopic (exact) mass is 441 g/mol. The number of carbonyl (C=O) groups excluding carboxylic acids is 1. The van der Waals surface area contributed by atoms with E-state index in [1.165, 1.54) is 18.2 Å². The SMILES string of the molecule is Cc1nn2c(C(C)C)c(C(=O)NC3CCOC(C)(C)C3)ccc2c1-c1c(F)cccc1F. The molecule has 0 aliphatic carbocycles. The Morgan fingerprint density at radius 1 is 1.19 bits per heavy atom. The molecule has 1 aliphatic heterocycles. The van der Waals surface area contributed by atoms with Gasteiger partial charge in [-0.1, -0.05) is 19.9 Å². The van der Waals surface area contributed by atoms with Gasteiger partial charge in [0.25, 0.3) is 5.91 Å². The Labute approximate surface area is 186 Å². The molecule has 1 N–H and O–H groups in total. The lowest BCUT2D eigenvalue weighted by atomic mass is 9.93. The molecule has 0 bridgehead atoms. The highest BCUT2D eigenvalue weighted by atomic mass is 19.1. The van der Waals surface area contributed by atoms with Crippen molar-refractivity contribution in [2.45, 2.75) is 65.0 Å². The van der Waals surface area contributed by atoms with E-state index in [2.05, 4.69) is 10.4 Å². The summed E-state index contributed by atoms with van der Waals surface area (Å²) in [6.45, 7) is 10.3. The van der Waals surface area contributed by atoms with E-state index in [-0.39, 0.29) is 29.0 Å². The number of fused-ring (bicyclic) bond motifs is 1. The van der Waals surface area contributed by atoms with E-state index in [1.807, 2.05) is 27.7 Å². The minimum absolute atomic E-state index is 0.0180. The Kier molecular flexibility index (Phi) is 5.79. The molecule has 0 radical (unpaired) electrons. The fourth-order valence-corrected chi connectivity index (χ4v) is 4.66. The molecule has 0 saturated carbocycles. The van der Waals surface area contributed by atoms with Gasteiger partial charge in [0.15, 0.2) is 0 Å². The second-order valence-electron chi connectivity index (χ2n) is 9.41. The summed E-state index contributed by atoms with van der Waals surface area (Å²) in [5, 5.41) is 7.73. The van der Waals surface area contributed by atoms with Gasteiger partial charge in [-0.15, -0.1) is 0 Å². The van der Waals surface area contributed by atoms with Crippen molar-refractivity contribution >= 4 is 11.4 Å². The Bertz CT molecular complexity index is 1160. The molecule has 3 aromatic rings. The van der Waals surface area contributed by atoms with Crippen molar-refractivity contribution in [3.63, 3.8) is 0 Å². The number of halogens is 2. The molecule has 170 valence electrons. The first-order valence-electron chi connectivity index (χ1n) is 11.0. The van der Waals surface area contributed by atoms with Gasteiger partial charge in [0, 0.05) is 18.2 Å². The van der Waals surface area contributed by atoms with Crippen molar-refractivity contribution in [1.29, 1.82) is 0 Å². The van der Waals surface area contributed by atoms with Crippen molar-refractivity contribution in [3.8, 4) is 11.1 Å². The quantitative estimate of drug-likeness (QED) is 0.590. The second kappa shape index (κ2) is 8.28. The lowest BCUT2D eigenvalue weighted by molar-refractivity contribution is -0.0615. The summed E-state index contributed by atoms with van der Waals surface area (Å²) in [4.78, 5) is 13.2. The van der Waals surface area contributed by atoms with Crippen molar-refractivity contribution in [1.82, 2.24) is 14.9 Å². The zero-order valence-corrected chi connectivity index (χ0v) is 19.1. The number of carbonyl (C=O) groups is 1. The van der Waals surface area contributed by atoms with Crippen LogP contribution in [-0.2, 0) is 4.74 Å². The first-order valence-corrected chi connectivity index (χ1v) is 11.0. The molecule has 1 unspecified atom stereocenters. The van der Waals surface area contributed by atoms with Crippen molar-refractivity contribution in [3.05, 3.63) is 58.9 Å². The van der Waals surface area contributed by atoms with Gasteiger partial charge in [-0.3, -0.25) is 4.79 Å². The third-order valence-corrected chi connectivity index (χ3v) is 6.04. The normalized spacial score (nSPS) is 18.3. The third kappa shape index (κ3) is 4.01. The minimum atomic E-state index is -0.641. The lowest BCUT2D eigenvalue weighted by Crippen LogP contribution is -2.46.